The minimum Gasteiger partial charge on any atom is -0.337 e. The van der Waals surface area contributed by atoms with Crippen LogP contribution in [0.4, 0.5) is 0 Å². The summed E-state index contributed by atoms with van der Waals surface area (Å²) in [6, 6.07) is 0. The molecule has 0 radical (unpaired) electrons. The zero-order valence-electron chi connectivity index (χ0n) is 14.0. The lowest BCUT2D eigenvalue weighted by Crippen LogP contribution is -2.49. The van der Waals surface area contributed by atoms with Crippen LogP contribution in [0.15, 0.2) is 0 Å². The normalized spacial score (nSPS) is 24.1. The maximum Gasteiger partial charge on any atom is 0.275 e. The molecule has 1 atom stereocenters. The number of amides is 1. The van der Waals surface area contributed by atoms with Crippen LogP contribution in [0.3, 0.4) is 0 Å². The van der Waals surface area contributed by atoms with Crippen LogP contribution in [-0.2, 0) is 0 Å². The summed E-state index contributed by atoms with van der Waals surface area (Å²) >= 11 is 6.17. The summed E-state index contributed by atoms with van der Waals surface area (Å²) < 4.78 is 0. The molecule has 1 aromatic heterocycles. The highest BCUT2D eigenvalue weighted by molar-refractivity contribution is 6.34. The average molecular weight is 340 g/mol. The highest BCUT2D eigenvalue weighted by atomic mass is 35.5. The Kier molecular flexibility index (Phi) is 5.24. The van der Waals surface area contributed by atoms with Crippen molar-refractivity contribution in [1.82, 2.24) is 24.9 Å². The second-order valence-corrected chi connectivity index (χ2v) is 7.25. The molecule has 0 aromatic carbocycles. The fourth-order valence-corrected chi connectivity index (χ4v) is 3.67. The number of likely N-dealkylation sites (tertiary alicyclic amines) is 1. The number of nitrogens with zero attached hydrogens (tertiary/aromatic N) is 4. The van der Waals surface area contributed by atoms with E-state index < -0.39 is 0 Å². The van der Waals surface area contributed by atoms with E-state index in [1.165, 1.54) is 6.42 Å². The van der Waals surface area contributed by atoms with Crippen molar-refractivity contribution < 1.29 is 4.79 Å². The number of halogens is 1. The van der Waals surface area contributed by atoms with Crippen LogP contribution >= 0.6 is 11.6 Å². The topological polar surface area (TPSA) is 55.5 Å². The molecular formula is C16H26ClN5O. The van der Waals surface area contributed by atoms with E-state index in [0.717, 1.165) is 57.9 Å². The SMILES string of the molecule is Cc1[nH]nc(C(=O)N2CCC[C@H](CN3CCN(C)CC3)C2)c1Cl. The number of likely N-dealkylation sites (N-methyl/N-ethyl adjacent to an activating group) is 1. The summed E-state index contributed by atoms with van der Waals surface area (Å²) in [6.07, 6.45) is 2.26. The third-order valence-electron chi connectivity index (χ3n) is 4.99. The van der Waals surface area contributed by atoms with Crippen molar-refractivity contribution in [2.75, 3.05) is 52.9 Å². The lowest BCUT2D eigenvalue weighted by atomic mass is 9.96. The van der Waals surface area contributed by atoms with Crippen molar-refractivity contribution in [1.29, 1.82) is 0 Å². The van der Waals surface area contributed by atoms with Crippen molar-refractivity contribution in [3.05, 3.63) is 16.4 Å². The predicted molar refractivity (Wildman–Crippen MR) is 90.9 cm³/mol. The van der Waals surface area contributed by atoms with E-state index in [-0.39, 0.29) is 5.91 Å². The summed E-state index contributed by atoms with van der Waals surface area (Å²) in [5.74, 6) is 0.511. The van der Waals surface area contributed by atoms with Crippen LogP contribution in [0.5, 0.6) is 0 Å². The number of piperazine rings is 1. The Balaban J connectivity index is 1.57. The average Bonchev–Trinajstić information content (AvgIpc) is 2.89. The Hall–Kier alpha value is -1.11. The van der Waals surface area contributed by atoms with Gasteiger partial charge in [0.1, 0.15) is 0 Å². The van der Waals surface area contributed by atoms with Crippen molar-refractivity contribution in [3.8, 4) is 0 Å². The van der Waals surface area contributed by atoms with Gasteiger partial charge in [-0.2, -0.15) is 5.10 Å². The quantitative estimate of drug-likeness (QED) is 0.906. The van der Waals surface area contributed by atoms with Gasteiger partial charge in [0.25, 0.3) is 5.91 Å². The van der Waals surface area contributed by atoms with Crippen LogP contribution in [0, 0.1) is 12.8 Å². The van der Waals surface area contributed by atoms with E-state index >= 15 is 0 Å². The summed E-state index contributed by atoms with van der Waals surface area (Å²) in [5.41, 5.74) is 1.12. The molecular weight excluding hydrogens is 314 g/mol. The van der Waals surface area contributed by atoms with Gasteiger partial charge in [-0.3, -0.25) is 9.89 Å². The molecule has 7 heteroatoms. The number of carbonyl (C=O) groups is 1. The van der Waals surface area contributed by atoms with Gasteiger partial charge in [0.05, 0.1) is 10.7 Å². The molecule has 23 heavy (non-hydrogen) atoms. The highest BCUT2D eigenvalue weighted by Gasteiger charge is 2.29. The van der Waals surface area contributed by atoms with Crippen LogP contribution in [-0.4, -0.2) is 83.7 Å². The maximum absolute atomic E-state index is 12.7. The lowest BCUT2D eigenvalue weighted by Gasteiger charge is -2.38. The number of aryl methyl sites for hydroxylation is 1. The first-order valence-corrected chi connectivity index (χ1v) is 8.83. The first kappa shape index (κ1) is 16.7. The second-order valence-electron chi connectivity index (χ2n) is 6.87. The highest BCUT2D eigenvalue weighted by Crippen LogP contribution is 2.23. The molecule has 0 spiro atoms. The van der Waals surface area contributed by atoms with E-state index in [4.69, 9.17) is 11.6 Å². The third kappa shape index (κ3) is 3.87. The number of aromatic amines is 1. The van der Waals surface area contributed by atoms with Gasteiger partial charge >= 0.3 is 0 Å². The molecule has 2 fully saturated rings. The summed E-state index contributed by atoms with van der Waals surface area (Å²) in [5, 5.41) is 7.33. The first-order valence-electron chi connectivity index (χ1n) is 8.45. The van der Waals surface area contributed by atoms with Crippen molar-refractivity contribution >= 4 is 17.5 Å². The van der Waals surface area contributed by atoms with Crippen LogP contribution < -0.4 is 0 Å². The molecule has 6 nitrogen and oxygen atoms in total. The molecule has 0 aliphatic carbocycles. The summed E-state index contributed by atoms with van der Waals surface area (Å²) in [4.78, 5) is 19.5. The Morgan fingerprint density at radius 2 is 2.04 bits per heavy atom. The van der Waals surface area contributed by atoms with E-state index in [0.29, 0.717) is 16.6 Å². The zero-order valence-corrected chi connectivity index (χ0v) is 14.8. The molecule has 1 aromatic rings. The third-order valence-corrected chi connectivity index (χ3v) is 5.46. The zero-order chi connectivity index (χ0) is 16.4. The van der Waals surface area contributed by atoms with Gasteiger partial charge in [-0.15, -0.1) is 0 Å². The number of nitrogens with one attached hydrogen (secondary N) is 1. The Bertz CT molecular complexity index is 553. The fraction of sp³-hybridized carbons (Fsp3) is 0.750. The molecule has 0 bridgehead atoms. The van der Waals surface area contributed by atoms with Gasteiger partial charge in [-0.05, 0) is 32.7 Å². The lowest BCUT2D eigenvalue weighted by molar-refractivity contribution is 0.0604. The largest absolute Gasteiger partial charge is 0.337 e. The molecule has 3 rings (SSSR count). The van der Waals surface area contributed by atoms with Gasteiger partial charge in [0.15, 0.2) is 5.69 Å². The first-order chi connectivity index (χ1) is 11.0. The molecule has 0 saturated carbocycles. The van der Waals surface area contributed by atoms with Crippen molar-refractivity contribution in [3.63, 3.8) is 0 Å². The van der Waals surface area contributed by atoms with E-state index in [2.05, 4.69) is 27.0 Å². The number of hydrogen-bond donors (Lipinski definition) is 1. The molecule has 1 N–H and O–H groups in total. The number of hydrogen-bond acceptors (Lipinski definition) is 4. The van der Waals surface area contributed by atoms with Gasteiger partial charge in [-0.1, -0.05) is 11.6 Å². The number of rotatable bonds is 3. The molecule has 0 unspecified atom stereocenters. The Morgan fingerprint density at radius 1 is 1.30 bits per heavy atom. The van der Waals surface area contributed by atoms with Crippen LogP contribution in [0.25, 0.3) is 0 Å². The molecule has 128 valence electrons. The van der Waals surface area contributed by atoms with Gasteiger partial charge < -0.3 is 14.7 Å². The standard InChI is InChI=1S/C16H26ClN5O/c1-12-14(17)15(19-18-12)16(23)22-5-3-4-13(11-22)10-21-8-6-20(2)7-9-21/h13H,3-11H2,1-2H3,(H,18,19)/t13-/m1/s1. The molecule has 2 aliphatic rings. The molecule has 3 heterocycles. The maximum atomic E-state index is 12.7. The van der Waals surface area contributed by atoms with Gasteiger partial charge in [0.2, 0.25) is 0 Å². The number of carbonyl (C=O) groups excluding carboxylic acids is 1. The molecule has 2 saturated heterocycles. The number of H-pyrrole nitrogens is 1. The van der Waals surface area contributed by atoms with Crippen LogP contribution in [0.1, 0.15) is 29.0 Å². The number of aromatic nitrogens is 2. The van der Waals surface area contributed by atoms with Crippen molar-refractivity contribution in [2.24, 2.45) is 5.92 Å². The molecule has 1 amide bonds. The minimum absolute atomic E-state index is 0.0394. The Labute approximate surface area is 142 Å². The van der Waals surface area contributed by atoms with Gasteiger partial charge in [-0.25, -0.2) is 0 Å². The van der Waals surface area contributed by atoms with Gasteiger partial charge in [0, 0.05) is 45.8 Å². The predicted octanol–water partition coefficient (Wildman–Crippen LogP) is 1.47. The minimum atomic E-state index is -0.0394. The van der Waals surface area contributed by atoms with Crippen molar-refractivity contribution in [2.45, 2.75) is 19.8 Å². The second kappa shape index (κ2) is 7.20. The smallest absolute Gasteiger partial charge is 0.275 e. The fourth-order valence-electron chi connectivity index (χ4n) is 3.50. The number of piperidine rings is 1. The van der Waals surface area contributed by atoms with Crippen LogP contribution in [0.2, 0.25) is 5.02 Å². The summed E-state index contributed by atoms with van der Waals surface area (Å²) in [7, 11) is 2.17. The monoisotopic (exact) mass is 339 g/mol. The molecule has 2 aliphatic heterocycles. The Morgan fingerprint density at radius 3 is 2.70 bits per heavy atom. The van der Waals surface area contributed by atoms with E-state index in [9.17, 15) is 4.79 Å². The van der Waals surface area contributed by atoms with E-state index in [1.54, 1.807) is 0 Å². The van der Waals surface area contributed by atoms with E-state index in [1.807, 2.05) is 11.8 Å². The summed E-state index contributed by atoms with van der Waals surface area (Å²) in [6.45, 7) is 9.07.